The number of rotatable bonds is 0. The first kappa shape index (κ1) is 9.13. The molecular weight excluding hydrogens is 180 g/mol. The minimum atomic E-state index is -0.817. The highest BCUT2D eigenvalue weighted by Crippen LogP contribution is 2.61. The van der Waals surface area contributed by atoms with E-state index in [1.807, 2.05) is 0 Å². The topological polar surface area (TPSA) is 60.7 Å². The molecule has 0 spiro atoms. The minimum Gasteiger partial charge on any atom is -0.390 e. The average Bonchev–Trinajstić information content (AvgIpc) is 1.94. The third-order valence-electron chi connectivity index (χ3n) is 4.77. The predicted molar refractivity (Wildman–Crippen MR) is 50.6 cm³/mol. The Balaban J connectivity index is 2.06. The molecule has 3 unspecified atom stereocenters. The first-order valence-electron chi connectivity index (χ1n) is 5.52. The van der Waals surface area contributed by atoms with Gasteiger partial charge in [0.05, 0.1) is 16.8 Å². The van der Waals surface area contributed by atoms with E-state index in [1.54, 1.807) is 0 Å². The SMILES string of the molecule is CC1C2CC3(O)CC(O)(C2)CC1(O)C3. The standard InChI is InChI=1S/C11H18O3/c1-7-8-2-9(12)4-10(13,3-8)6-11(7,14)5-9/h7-8,12-14H,2-6H2,1H3. The van der Waals surface area contributed by atoms with E-state index in [9.17, 15) is 15.3 Å². The van der Waals surface area contributed by atoms with E-state index in [2.05, 4.69) is 6.92 Å². The van der Waals surface area contributed by atoms with Crippen LogP contribution >= 0.6 is 0 Å². The lowest BCUT2D eigenvalue weighted by molar-refractivity contribution is -0.275. The summed E-state index contributed by atoms with van der Waals surface area (Å²) in [6, 6.07) is 0. The Morgan fingerprint density at radius 1 is 0.929 bits per heavy atom. The summed E-state index contributed by atoms with van der Waals surface area (Å²) in [7, 11) is 0. The minimum absolute atomic E-state index is 0.225. The van der Waals surface area contributed by atoms with Crippen molar-refractivity contribution in [3.63, 3.8) is 0 Å². The Bertz CT molecular complexity index is 270. The molecule has 0 saturated heterocycles. The molecule has 0 aromatic carbocycles. The Hall–Kier alpha value is -0.120. The van der Waals surface area contributed by atoms with Crippen molar-refractivity contribution in [1.82, 2.24) is 0 Å². The average molecular weight is 198 g/mol. The van der Waals surface area contributed by atoms with E-state index in [4.69, 9.17) is 0 Å². The van der Waals surface area contributed by atoms with E-state index >= 15 is 0 Å². The third-order valence-corrected chi connectivity index (χ3v) is 4.77. The molecule has 4 bridgehead atoms. The highest BCUT2D eigenvalue weighted by atomic mass is 16.3. The van der Waals surface area contributed by atoms with Crippen molar-refractivity contribution in [1.29, 1.82) is 0 Å². The second kappa shape index (κ2) is 2.18. The van der Waals surface area contributed by atoms with Gasteiger partial charge in [-0.15, -0.1) is 0 Å². The van der Waals surface area contributed by atoms with Crippen LogP contribution in [0.2, 0.25) is 0 Å². The summed E-state index contributed by atoms with van der Waals surface area (Å²) < 4.78 is 0. The quantitative estimate of drug-likeness (QED) is 0.529. The van der Waals surface area contributed by atoms with Crippen molar-refractivity contribution in [3.05, 3.63) is 0 Å². The van der Waals surface area contributed by atoms with Gasteiger partial charge < -0.3 is 15.3 Å². The highest BCUT2D eigenvalue weighted by Gasteiger charge is 2.65. The second-order valence-corrected chi connectivity index (χ2v) is 6.04. The summed E-state index contributed by atoms with van der Waals surface area (Å²) in [6.45, 7) is 2.05. The second-order valence-electron chi connectivity index (χ2n) is 6.04. The lowest BCUT2D eigenvalue weighted by Gasteiger charge is -2.64. The van der Waals surface area contributed by atoms with Crippen LogP contribution in [0.15, 0.2) is 0 Å². The van der Waals surface area contributed by atoms with Gasteiger partial charge in [-0.2, -0.15) is 0 Å². The zero-order valence-electron chi connectivity index (χ0n) is 8.53. The largest absolute Gasteiger partial charge is 0.390 e. The fourth-order valence-corrected chi connectivity index (χ4v) is 4.39. The first-order chi connectivity index (χ1) is 6.34. The molecule has 80 valence electrons. The summed E-state index contributed by atoms with van der Waals surface area (Å²) in [5.74, 6) is 0.523. The zero-order chi connectivity index (χ0) is 10.2. The van der Waals surface area contributed by atoms with E-state index < -0.39 is 16.8 Å². The van der Waals surface area contributed by atoms with E-state index in [1.165, 1.54) is 0 Å². The van der Waals surface area contributed by atoms with E-state index in [0.717, 1.165) is 12.8 Å². The lowest BCUT2D eigenvalue weighted by atomic mass is 9.47. The maximum absolute atomic E-state index is 10.4. The molecule has 3 atom stereocenters. The molecule has 4 rings (SSSR count). The van der Waals surface area contributed by atoms with Crippen molar-refractivity contribution in [2.75, 3.05) is 0 Å². The molecule has 3 N–H and O–H groups in total. The van der Waals surface area contributed by atoms with E-state index in [-0.39, 0.29) is 5.92 Å². The van der Waals surface area contributed by atoms with Gasteiger partial charge in [0.1, 0.15) is 0 Å². The van der Waals surface area contributed by atoms with Gasteiger partial charge in [-0.3, -0.25) is 0 Å². The normalized spacial score (nSPS) is 66.0. The fourth-order valence-electron chi connectivity index (χ4n) is 4.39. The molecule has 0 amide bonds. The monoisotopic (exact) mass is 198 g/mol. The lowest BCUT2D eigenvalue weighted by Crippen LogP contribution is -2.69. The number of aliphatic hydroxyl groups is 3. The molecule has 4 aliphatic carbocycles. The molecule has 4 aliphatic rings. The van der Waals surface area contributed by atoms with Gasteiger partial charge in [0.15, 0.2) is 0 Å². The van der Waals surface area contributed by atoms with Crippen LogP contribution in [0.5, 0.6) is 0 Å². The maximum Gasteiger partial charge on any atom is 0.0730 e. The zero-order valence-corrected chi connectivity index (χ0v) is 8.53. The van der Waals surface area contributed by atoms with Crippen LogP contribution in [0.1, 0.15) is 39.0 Å². The van der Waals surface area contributed by atoms with Crippen molar-refractivity contribution in [2.45, 2.75) is 55.8 Å². The molecule has 3 nitrogen and oxygen atoms in total. The Morgan fingerprint density at radius 3 is 1.86 bits per heavy atom. The molecule has 0 heterocycles. The van der Waals surface area contributed by atoms with Crippen LogP contribution in [-0.4, -0.2) is 32.1 Å². The summed E-state index contributed by atoms with van der Waals surface area (Å²) >= 11 is 0. The molecule has 4 saturated carbocycles. The van der Waals surface area contributed by atoms with E-state index in [0.29, 0.717) is 25.2 Å². The van der Waals surface area contributed by atoms with Crippen LogP contribution in [0.25, 0.3) is 0 Å². The van der Waals surface area contributed by atoms with Crippen LogP contribution < -0.4 is 0 Å². The molecule has 3 heteroatoms. The van der Waals surface area contributed by atoms with Gasteiger partial charge in [-0.05, 0) is 24.7 Å². The Labute approximate surface area is 83.8 Å². The highest BCUT2D eigenvalue weighted by molar-refractivity contribution is 5.17. The summed E-state index contributed by atoms with van der Waals surface area (Å²) in [5.41, 5.74) is -2.41. The predicted octanol–water partition coefficient (Wildman–Crippen LogP) is 0.423. The van der Waals surface area contributed by atoms with Crippen molar-refractivity contribution < 1.29 is 15.3 Å². The molecule has 0 radical (unpaired) electrons. The molecular formula is C11H18O3. The van der Waals surface area contributed by atoms with Gasteiger partial charge in [0.25, 0.3) is 0 Å². The van der Waals surface area contributed by atoms with Crippen LogP contribution in [-0.2, 0) is 0 Å². The molecule has 0 aromatic rings. The first-order valence-corrected chi connectivity index (χ1v) is 5.52. The molecule has 4 fully saturated rings. The van der Waals surface area contributed by atoms with Gasteiger partial charge in [-0.1, -0.05) is 6.92 Å². The van der Waals surface area contributed by atoms with Crippen molar-refractivity contribution in [3.8, 4) is 0 Å². The Kier molecular flexibility index (Phi) is 1.42. The summed E-state index contributed by atoms with van der Waals surface area (Å²) in [5, 5.41) is 30.8. The number of hydrogen-bond acceptors (Lipinski definition) is 3. The summed E-state index contributed by atoms with van der Waals surface area (Å²) in [4.78, 5) is 0. The Morgan fingerprint density at radius 2 is 1.43 bits per heavy atom. The smallest absolute Gasteiger partial charge is 0.0730 e. The van der Waals surface area contributed by atoms with Gasteiger partial charge in [0, 0.05) is 19.3 Å². The molecule has 0 aromatic heterocycles. The maximum atomic E-state index is 10.4. The van der Waals surface area contributed by atoms with Crippen LogP contribution in [0, 0.1) is 11.8 Å². The fraction of sp³-hybridized carbons (Fsp3) is 1.00. The van der Waals surface area contributed by atoms with Crippen LogP contribution in [0.4, 0.5) is 0 Å². The van der Waals surface area contributed by atoms with Crippen molar-refractivity contribution in [2.24, 2.45) is 11.8 Å². The van der Waals surface area contributed by atoms with Crippen molar-refractivity contribution >= 4 is 0 Å². The van der Waals surface area contributed by atoms with Gasteiger partial charge in [0.2, 0.25) is 0 Å². The van der Waals surface area contributed by atoms with Crippen LogP contribution in [0.3, 0.4) is 0 Å². The number of hydrogen-bond donors (Lipinski definition) is 3. The summed E-state index contributed by atoms with van der Waals surface area (Å²) in [6.07, 6.45) is 2.91. The third kappa shape index (κ3) is 0.980. The molecule has 0 aliphatic heterocycles. The van der Waals surface area contributed by atoms with Gasteiger partial charge >= 0.3 is 0 Å². The van der Waals surface area contributed by atoms with Gasteiger partial charge in [-0.25, -0.2) is 0 Å². The molecule has 14 heavy (non-hydrogen) atoms.